The van der Waals surface area contributed by atoms with Crippen molar-refractivity contribution in [3.05, 3.63) is 109 Å². The highest BCUT2D eigenvalue weighted by Gasteiger charge is 2.25. The van der Waals surface area contributed by atoms with Crippen LogP contribution in [0, 0.1) is 0 Å². The zero-order valence-electron chi connectivity index (χ0n) is 18.3. The summed E-state index contributed by atoms with van der Waals surface area (Å²) in [6, 6.07) is 23.2. The lowest BCUT2D eigenvalue weighted by Gasteiger charge is -2.32. The quantitative estimate of drug-likeness (QED) is 0.505. The second-order valence-corrected chi connectivity index (χ2v) is 8.31. The minimum absolute atomic E-state index is 0.0411. The zero-order chi connectivity index (χ0) is 22.6. The average molecular weight is 439 g/mol. The van der Waals surface area contributed by atoms with Gasteiger partial charge in [-0.1, -0.05) is 0 Å². The second kappa shape index (κ2) is 9.20. The van der Waals surface area contributed by atoms with Gasteiger partial charge in [0.15, 0.2) is 0 Å². The molecular formula is C27H26N4O2. The van der Waals surface area contributed by atoms with E-state index in [-0.39, 0.29) is 17.9 Å². The third kappa shape index (κ3) is 4.60. The number of nitrogens with one attached hydrogen (secondary N) is 1. The van der Waals surface area contributed by atoms with Crippen molar-refractivity contribution in [2.24, 2.45) is 0 Å². The predicted octanol–water partition coefficient (Wildman–Crippen LogP) is 4.30. The molecule has 166 valence electrons. The van der Waals surface area contributed by atoms with Crippen molar-refractivity contribution >= 4 is 11.8 Å². The molecule has 0 aliphatic carbocycles. The van der Waals surface area contributed by atoms with Gasteiger partial charge >= 0.3 is 0 Å². The van der Waals surface area contributed by atoms with Gasteiger partial charge < -0.3 is 19.4 Å². The first-order valence-corrected chi connectivity index (χ1v) is 11.2. The summed E-state index contributed by atoms with van der Waals surface area (Å²) in [6.45, 7) is 1.27. The number of amides is 2. The van der Waals surface area contributed by atoms with Crippen molar-refractivity contribution < 1.29 is 9.59 Å². The number of rotatable bonds is 5. The first-order chi connectivity index (χ1) is 16.2. The molecular weight excluding hydrogens is 412 g/mol. The van der Waals surface area contributed by atoms with Crippen LogP contribution in [0.3, 0.4) is 0 Å². The summed E-state index contributed by atoms with van der Waals surface area (Å²) < 4.78 is 4.01. The number of hydrogen-bond acceptors (Lipinski definition) is 2. The van der Waals surface area contributed by atoms with E-state index in [1.165, 1.54) is 0 Å². The van der Waals surface area contributed by atoms with Gasteiger partial charge in [0.25, 0.3) is 11.8 Å². The van der Waals surface area contributed by atoms with E-state index in [9.17, 15) is 9.59 Å². The van der Waals surface area contributed by atoms with Crippen LogP contribution in [-0.2, 0) is 0 Å². The van der Waals surface area contributed by atoms with Crippen molar-refractivity contribution in [3.63, 3.8) is 0 Å². The molecule has 6 nitrogen and oxygen atoms in total. The molecule has 33 heavy (non-hydrogen) atoms. The number of aromatic nitrogens is 2. The third-order valence-corrected chi connectivity index (χ3v) is 6.17. The Kier molecular flexibility index (Phi) is 5.81. The van der Waals surface area contributed by atoms with Gasteiger partial charge in [0, 0.05) is 66.4 Å². The number of carbonyl (C=O) groups is 2. The third-order valence-electron chi connectivity index (χ3n) is 6.17. The van der Waals surface area contributed by atoms with E-state index in [1.807, 2.05) is 112 Å². The van der Waals surface area contributed by atoms with E-state index in [0.29, 0.717) is 24.2 Å². The summed E-state index contributed by atoms with van der Waals surface area (Å²) in [5, 5.41) is 3.13. The van der Waals surface area contributed by atoms with E-state index in [2.05, 4.69) is 5.32 Å². The Balaban J connectivity index is 1.14. The summed E-state index contributed by atoms with van der Waals surface area (Å²) in [6.07, 6.45) is 9.40. The SMILES string of the molecule is O=C(NC1CCN(C(=O)c2ccc(-n3cccc3)cc2)CC1)c1ccc(-n2cccc2)cc1. The van der Waals surface area contributed by atoms with Crippen LogP contribution in [-0.4, -0.2) is 45.0 Å². The van der Waals surface area contributed by atoms with Crippen LogP contribution in [0.25, 0.3) is 11.4 Å². The Morgan fingerprint density at radius 1 is 0.667 bits per heavy atom. The zero-order valence-corrected chi connectivity index (χ0v) is 18.3. The lowest BCUT2D eigenvalue weighted by molar-refractivity contribution is 0.0698. The minimum Gasteiger partial charge on any atom is -0.349 e. The van der Waals surface area contributed by atoms with Gasteiger partial charge in [-0.2, -0.15) is 0 Å². The molecule has 0 bridgehead atoms. The molecule has 1 N–H and O–H groups in total. The van der Waals surface area contributed by atoms with Crippen molar-refractivity contribution in [2.75, 3.05) is 13.1 Å². The molecule has 2 aromatic heterocycles. The van der Waals surface area contributed by atoms with E-state index in [4.69, 9.17) is 0 Å². The van der Waals surface area contributed by atoms with E-state index in [1.54, 1.807) is 0 Å². The molecule has 1 aliphatic heterocycles. The number of hydrogen-bond donors (Lipinski definition) is 1. The van der Waals surface area contributed by atoms with Crippen LogP contribution in [0.2, 0.25) is 0 Å². The van der Waals surface area contributed by atoms with Crippen LogP contribution in [0.15, 0.2) is 97.6 Å². The fourth-order valence-corrected chi connectivity index (χ4v) is 4.25. The molecule has 0 spiro atoms. The molecule has 1 aliphatic rings. The topological polar surface area (TPSA) is 59.3 Å². The minimum atomic E-state index is -0.0700. The average Bonchev–Trinajstić information content (AvgIpc) is 3.59. The Bertz CT molecular complexity index is 1200. The normalized spacial score (nSPS) is 14.2. The van der Waals surface area contributed by atoms with Crippen LogP contribution in [0.5, 0.6) is 0 Å². The molecule has 0 saturated carbocycles. The first kappa shape index (κ1) is 20.8. The maximum atomic E-state index is 12.9. The molecule has 0 atom stereocenters. The number of carbonyl (C=O) groups excluding carboxylic acids is 2. The van der Waals surface area contributed by atoms with Gasteiger partial charge in [-0.05, 0) is 85.6 Å². The predicted molar refractivity (Wildman–Crippen MR) is 128 cm³/mol. The van der Waals surface area contributed by atoms with Crippen molar-refractivity contribution in [1.82, 2.24) is 19.4 Å². The first-order valence-electron chi connectivity index (χ1n) is 11.2. The summed E-state index contributed by atoms with van der Waals surface area (Å²) in [5.74, 6) is -0.0288. The summed E-state index contributed by atoms with van der Waals surface area (Å²) in [4.78, 5) is 27.5. The summed E-state index contributed by atoms with van der Waals surface area (Å²) in [7, 11) is 0. The molecule has 0 unspecified atom stereocenters. The maximum Gasteiger partial charge on any atom is 0.253 e. The van der Waals surface area contributed by atoms with E-state index >= 15 is 0 Å². The Morgan fingerprint density at radius 2 is 1.12 bits per heavy atom. The lowest BCUT2D eigenvalue weighted by Crippen LogP contribution is -2.46. The molecule has 0 radical (unpaired) electrons. The molecule has 2 aromatic carbocycles. The van der Waals surface area contributed by atoms with Crippen molar-refractivity contribution in [1.29, 1.82) is 0 Å². The van der Waals surface area contributed by atoms with Crippen LogP contribution < -0.4 is 5.32 Å². The standard InChI is InChI=1S/C27H26N4O2/c32-26(21-5-9-24(10-6-21)29-15-1-2-16-29)28-23-13-19-31(20-14-23)27(33)22-7-11-25(12-8-22)30-17-3-4-18-30/h1-12,15-18,23H,13-14,19-20H2,(H,28,32). The molecule has 1 fully saturated rings. The number of nitrogens with zero attached hydrogens (tertiary/aromatic N) is 3. The summed E-state index contributed by atoms with van der Waals surface area (Å²) >= 11 is 0. The Labute approximate surface area is 193 Å². The highest BCUT2D eigenvalue weighted by Crippen LogP contribution is 2.17. The van der Waals surface area contributed by atoms with Crippen molar-refractivity contribution in [2.45, 2.75) is 18.9 Å². The Morgan fingerprint density at radius 3 is 1.61 bits per heavy atom. The second-order valence-electron chi connectivity index (χ2n) is 8.31. The van der Waals surface area contributed by atoms with Gasteiger partial charge in [0.2, 0.25) is 0 Å². The maximum absolute atomic E-state index is 12.9. The number of piperidine rings is 1. The van der Waals surface area contributed by atoms with Gasteiger partial charge in [0.1, 0.15) is 0 Å². The van der Waals surface area contributed by atoms with Gasteiger partial charge in [0.05, 0.1) is 0 Å². The van der Waals surface area contributed by atoms with Gasteiger partial charge in [-0.3, -0.25) is 9.59 Å². The highest BCUT2D eigenvalue weighted by molar-refractivity contribution is 5.95. The van der Waals surface area contributed by atoms with Gasteiger partial charge in [-0.15, -0.1) is 0 Å². The monoisotopic (exact) mass is 438 g/mol. The highest BCUT2D eigenvalue weighted by atomic mass is 16.2. The van der Waals surface area contributed by atoms with E-state index in [0.717, 1.165) is 24.2 Å². The summed E-state index contributed by atoms with van der Waals surface area (Å²) in [5.41, 5.74) is 3.38. The van der Waals surface area contributed by atoms with Crippen LogP contribution in [0.1, 0.15) is 33.6 Å². The smallest absolute Gasteiger partial charge is 0.253 e. The van der Waals surface area contributed by atoms with Crippen LogP contribution in [0.4, 0.5) is 0 Å². The van der Waals surface area contributed by atoms with Crippen LogP contribution >= 0.6 is 0 Å². The molecule has 1 saturated heterocycles. The van der Waals surface area contributed by atoms with E-state index < -0.39 is 0 Å². The molecule has 2 amide bonds. The molecule has 3 heterocycles. The Hall–Kier alpha value is -4.06. The molecule has 5 rings (SSSR count). The molecule has 4 aromatic rings. The van der Waals surface area contributed by atoms with Gasteiger partial charge in [-0.25, -0.2) is 0 Å². The fourth-order valence-electron chi connectivity index (χ4n) is 4.25. The van der Waals surface area contributed by atoms with Crippen molar-refractivity contribution in [3.8, 4) is 11.4 Å². The fraction of sp³-hybridized carbons (Fsp3) is 0.185. The number of likely N-dealkylation sites (tertiary alicyclic amines) is 1. The molecule has 6 heteroatoms. The lowest BCUT2D eigenvalue weighted by atomic mass is 10.0. The largest absolute Gasteiger partial charge is 0.349 e. The number of benzene rings is 2.